The van der Waals surface area contributed by atoms with Gasteiger partial charge in [-0.05, 0) is 25.7 Å². The highest BCUT2D eigenvalue weighted by Crippen LogP contribution is 2.46. The highest BCUT2D eigenvalue weighted by molar-refractivity contribution is 7.19. The number of nitrogen functional groups attached to an aromatic ring is 1. The molecule has 118 valence electrons. The van der Waals surface area contributed by atoms with Crippen LogP contribution in [0.4, 0.5) is 10.7 Å². The van der Waals surface area contributed by atoms with Crippen molar-refractivity contribution < 1.29 is 14.6 Å². The van der Waals surface area contributed by atoms with Crippen molar-refractivity contribution in [2.45, 2.75) is 39.2 Å². The van der Waals surface area contributed by atoms with E-state index in [0.29, 0.717) is 28.7 Å². The van der Waals surface area contributed by atoms with Crippen LogP contribution in [0.5, 0.6) is 5.75 Å². The van der Waals surface area contributed by atoms with E-state index in [1.807, 2.05) is 13.8 Å². The summed E-state index contributed by atoms with van der Waals surface area (Å²) in [4.78, 5) is 14.8. The molecule has 0 aliphatic carbocycles. The Morgan fingerprint density at radius 1 is 1.52 bits per heavy atom. The van der Waals surface area contributed by atoms with Crippen molar-refractivity contribution in [2.24, 2.45) is 5.92 Å². The Bertz CT molecular complexity index is 505. The van der Waals surface area contributed by atoms with Gasteiger partial charge in [-0.3, -0.25) is 4.79 Å². The molecule has 0 spiro atoms. The van der Waals surface area contributed by atoms with Gasteiger partial charge in [-0.25, -0.2) is 0 Å². The number of rotatable bonds is 5. The van der Waals surface area contributed by atoms with Crippen molar-refractivity contribution in [3.05, 3.63) is 4.88 Å². The summed E-state index contributed by atoms with van der Waals surface area (Å²) in [5.41, 5.74) is 6.53. The average molecular weight is 312 g/mol. The molecule has 2 heterocycles. The minimum Gasteiger partial charge on any atom is -0.492 e. The smallest absolute Gasteiger partial charge is 0.177 e. The number of methoxy groups -OCH3 is 1. The monoisotopic (exact) mass is 312 g/mol. The summed E-state index contributed by atoms with van der Waals surface area (Å²) >= 11 is 1.42. The zero-order valence-corrected chi connectivity index (χ0v) is 13.7. The van der Waals surface area contributed by atoms with Gasteiger partial charge in [0.05, 0.1) is 23.8 Å². The molecule has 1 aromatic rings. The van der Waals surface area contributed by atoms with E-state index in [-0.39, 0.29) is 11.9 Å². The number of ketones is 1. The molecule has 1 fully saturated rings. The molecule has 0 aromatic carbocycles. The molecule has 1 unspecified atom stereocenters. The number of carbonyl (C=O) groups excluding carboxylic acids is 1. The van der Waals surface area contributed by atoms with Gasteiger partial charge in [0.1, 0.15) is 5.00 Å². The molecule has 1 atom stereocenters. The van der Waals surface area contributed by atoms with Gasteiger partial charge in [0.15, 0.2) is 11.5 Å². The van der Waals surface area contributed by atoms with E-state index < -0.39 is 0 Å². The Kier molecular flexibility index (Phi) is 5.11. The van der Waals surface area contributed by atoms with Crippen LogP contribution in [0.1, 0.15) is 42.8 Å². The quantitative estimate of drug-likeness (QED) is 0.817. The van der Waals surface area contributed by atoms with Crippen molar-refractivity contribution in [3.63, 3.8) is 0 Å². The maximum absolute atomic E-state index is 12.0. The first-order chi connectivity index (χ1) is 9.99. The first kappa shape index (κ1) is 16.1. The standard InChI is InChI=1S/C15H24N2O3S/c1-4-11(19)14-12(16)13(20-3)15(21-14)17-7-5-10(6-8-17)9(2)18/h9-10,18H,4-8,16H2,1-3H3. The number of Topliss-reactive ketones (excluding diaryl/α,β-unsaturated/α-hetero) is 1. The molecular formula is C15H24N2O3S. The van der Waals surface area contributed by atoms with Crippen LogP contribution < -0.4 is 15.4 Å². The van der Waals surface area contributed by atoms with Crippen LogP contribution in [0.25, 0.3) is 0 Å². The molecule has 5 nitrogen and oxygen atoms in total. The van der Waals surface area contributed by atoms with Crippen LogP contribution in [-0.4, -0.2) is 37.2 Å². The van der Waals surface area contributed by atoms with Gasteiger partial charge >= 0.3 is 0 Å². The van der Waals surface area contributed by atoms with Crippen LogP contribution in [0.3, 0.4) is 0 Å². The van der Waals surface area contributed by atoms with Gasteiger partial charge in [0.2, 0.25) is 0 Å². The third kappa shape index (κ3) is 3.16. The fourth-order valence-electron chi connectivity index (χ4n) is 2.77. The fraction of sp³-hybridized carbons (Fsp3) is 0.667. The largest absolute Gasteiger partial charge is 0.492 e. The SMILES string of the molecule is CCC(=O)c1sc(N2CCC(C(C)O)CC2)c(OC)c1N. The summed E-state index contributed by atoms with van der Waals surface area (Å²) in [6.07, 6.45) is 2.06. The number of thiophene rings is 1. The Hall–Kier alpha value is -1.27. The van der Waals surface area contributed by atoms with Crippen LogP contribution in [0.15, 0.2) is 0 Å². The third-order valence-corrected chi connectivity index (χ3v) is 5.46. The van der Waals surface area contributed by atoms with Gasteiger partial charge in [0.25, 0.3) is 0 Å². The molecule has 6 heteroatoms. The summed E-state index contributed by atoms with van der Waals surface area (Å²) in [6.45, 7) is 5.39. The van der Waals surface area contributed by atoms with E-state index in [1.165, 1.54) is 11.3 Å². The molecule has 0 saturated carbocycles. The number of aliphatic hydroxyl groups is 1. The van der Waals surface area contributed by atoms with E-state index >= 15 is 0 Å². The van der Waals surface area contributed by atoms with Crippen molar-refractivity contribution in [2.75, 3.05) is 30.8 Å². The first-order valence-corrected chi connectivity index (χ1v) is 8.23. The Balaban J connectivity index is 2.22. The number of anilines is 2. The normalized spacial score (nSPS) is 17.8. The molecule has 1 aromatic heterocycles. The molecule has 0 amide bonds. The summed E-state index contributed by atoms with van der Waals surface area (Å²) in [6, 6.07) is 0. The fourth-order valence-corrected chi connectivity index (χ4v) is 4.03. The van der Waals surface area contributed by atoms with Gasteiger partial charge in [-0.1, -0.05) is 6.92 Å². The van der Waals surface area contributed by atoms with E-state index in [9.17, 15) is 9.90 Å². The van der Waals surface area contributed by atoms with Crippen LogP contribution >= 0.6 is 11.3 Å². The molecule has 1 saturated heterocycles. The lowest BCUT2D eigenvalue weighted by Gasteiger charge is -2.34. The lowest BCUT2D eigenvalue weighted by atomic mass is 9.92. The lowest BCUT2D eigenvalue weighted by molar-refractivity contribution is 0.0992. The summed E-state index contributed by atoms with van der Waals surface area (Å²) in [7, 11) is 1.59. The van der Waals surface area contributed by atoms with E-state index in [4.69, 9.17) is 10.5 Å². The van der Waals surface area contributed by atoms with Crippen LogP contribution in [-0.2, 0) is 0 Å². The minimum atomic E-state index is -0.264. The molecule has 1 aliphatic heterocycles. The molecule has 0 radical (unpaired) electrons. The Morgan fingerprint density at radius 3 is 2.62 bits per heavy atom. The van der Waals surface area contributed by atoms with Gasteiger partial charge in [-0.15, -0.1) is 11.3 Å². The summed E-state index contributed by atoms with van der Waals surface area (Å²) < 4.78 is 5.42. The van der Waals surface area contributed by atoms with Gasteiger partial charge < -0.3 is 20.5 Å². The number of nitrogens with zero attached hydrogens (tertiary/aromatic N) is 1. The number of hydrogen-bond donors (Lipinski definition) is 2. The highest BCUT2D eigenvalue weighted by Gasteiger charge is 2.28. The molecule has 0 bridgehead atoms. The average Bonchev–Trinajstić information content (AvgIpc) is 2.83. The number of aliphatic hydroxyl groups excluding tert-OH is 1. The van der Waals surface area contributed by atoms with Gasteiger partial charge in [-0.2, -0.15) is 0 Å². The zero-order chi connectivity index (χ0) is 15.6. The second kappa shape index (κ2) is 6.66. The van der Waals surface area contributed by atoms with Gasteiger partial charge in [0, 0.05) is 19.5 Å². The molecular weight excluding hydrogens is 288 g/mol. The molecule has 2 rings (SSSR count). The topological polar surface area (TPSA) is 75.8 Å². The Morgan fingerprint density at radius 2 is 2.14 bits per heavy atom. The highest BCUT2D eigenvalue weighted by atomic mass is 32.1. The maximum atomic E-state index is 12.0. The number of hydrogen-bond acceptors (Lipinski definition) is 6. The number of ether oxygens (including phenoxy) is 1. The van der Waals surface area contributed by atoms with Crippen molar-refractivity contribution in [1.82, 2.24) is 0 Å². The number of nitrogens with two attached hydrogens (primary N) is 1. The van der Waals surface area contributed by atoms with E-state index in [0.717, 1.165) is 30.9 Å². The lowest BCUT2D eigenvalue weighted by Crippen LogP contribution is -2.36. The summed E-state index contributed by atoms with van der Waals surface area (Å²) in [5, 5.41) is 10.6. The predicted octanol–water partition coefficient (Wildman–Crippen LogP) is 2.53. The van der Waals surface area contributed by atoms with Crippen molar-refractivity contribution >= 4 is 27.8 Å². The van der Waals surface area contributed by atoms with E-state index in [1.54, 1.807) is 7.11 Å². The minimum absolute atomic E-state index is 0.0564. The van der Waals surface area contributed by atoms with Crippen molar-refractivity contribution in [3.8, 4) is 5.75 Å². The second-order valence-corrected chi connectivity index (χ2v) is 6.52. The van der Waals surface area contributed by atoms with Crippen LogP contribution in [0.2, 0.25) is 0 Å². The van der Waals surface area contributed by atoms with Crippen LogP contribution in [0, 0.1) is 5.92 Å². The van der Waals surface area contributed by atoms with Crippen molar-refractivity contribution in [1.29, 1.82) is 0 Å². The molecule has 21 heavy (non-hydrogen) atoms. The van der Waals surface area contributed by atoms with E-state index in [2.05, 4.69) is 4.90 Å². The molecule has 3 N–H and O–H groups in total. The summed E-state index contributed by atoms with van der Waals surface area (Å²) in [5.74, 6) is 1.02. The molecule has 1 aliphatic rings. The Labute approximate surface area is 129 Å². The second-order valence-electron chi connectivity index (χ2n) is 5.53. The maximum Gasteiger partial charge on any atom is 0.177 e. The number of carbonyl (C=O) groups is 1. The zero-order valence-electron chi connectivity index (χ0n) is 12.9. The first-order valence-electron chi connectivity index (χ1n) is 7.42. The predicted molar refractivity (Wildman–Crippen MR) is 86.5 cm³/mol. The third-order valence-electron chi connectivity index (χ3n) is 4.17. The number of piperidine rings is 1.